The Kier molecular flexibility index (Phi) is 4.72. The zero-order valence-corrected chi connectivity index (χ0v) is 14.0. The Morgan fingerprint density at radius 3 is 2.75 bits per heavy atom. The molecule has 0 aromatic heterocycles. The van der Waals surface area contributed by atoms with Gasteiger partial charge in [0.25, 0.3) is 0 Å². The van der Waals surface area contributed by atoms with Crippen LogP contribution in [-0.4, -0.2) is 16.4 Å². The van der Waals surface area contributed by atoms with Crippen LogP contribution in [0.15, 0.2) is 65.8 Å². The number of aryl methyl sites for hydroxylation is 1. The lowest BCUT2D eigenvalue weighted by molar-refractivity contribution is 0.475. The molecule has 5 heteroatoms. The van der Waals surface area contributed by atoms with Gasteiger partial charge in [-0.2, -0.15) is 5.10 Å². The molecule has 0 atom stereocenters. The topological polar surface area (TPSA) is 56.7 Å². The summed E-state index contributed by atoms with van der Waals surface area (Å²) in [7, 11) is 0. The molecular weight excluding hydrogens is 318 g/mol. The van der Waals surface area contributed by atoms with Gasteiger partial charge in [0.05, 0.1) is 6.21 Å². The zero-order valence-electron chi connectivity index (χ0n) is 13.2. The summed E-state index contributed by atoms with van der Waals surface area (Å²) in [6, 6.07) is 19.3. The summed E-state index contributed by atoms with van der Waals surface area (Å²) >= 11 is 5.22. The van der Waals surface area contributed by atoms with Gasteiger partial charge in [0.1, 0.15) is 5.75 Å². The normalized spacial score (nSPS) is 10.9. The average Bonchev–Trinajstić information content (AvgIpc) is 2.57. The van der Waals surface area contributed by atoms with Crippen LogP contribution in [0.25, 0.3) is 10.8 Å². The number of benzene rings is 3. The molecule has 0 radical (unpaired) electrons. The Hall–Kier alpha value is -2.92. The fourth-order valence-electron chi connectivity index (χ4n) is 2.46. The minimum absolute atomic E-state index is 0.178. The molecule has 0 aliphatic carbocycles. The Bertz CT molecular complexity index is 921. The highest BCUT2D eigenvalue weighted by molar-refractivity contribution is 7.80. The first-order chi connectivity index (χ1) is 11.6. The van der Waals surface area contributed by atoms with E-state index in [9.17, 15) is 5.11 Å². The third kappa shape index (κ3) is 3.70. The molecule has 3 aromatic carbocycles. The number of thiocarbonyl (C=S) groups is 1. The van der Waals surface area contributed by atoms with Crippen LogP contribution < -0.4 is 10.7 Å². The molecule has 0 amide bonds. The van der Waals surface area contributed by atoms with E-state index >= 15 is 0 Å². The molecular formula is C19H17N3OS. The molecule has 3 rings (SSSR count). The Morgan fingerprint density at radius 2 is 1.92 bits per heavy atom. The molecule has 120 valence electrons. The van der Waals surface area contributed by atoms with Gasteiger partial charge < -0.3 is 10.4 Å². The third-order valence-corrected chi connectivity index (χ3v) is 3.78. The number of nitrogens with zero attached hydrogens (tertiary/aromatic N) is 1. The summed E-state index contributed by atoms with van der Waals surface area (Å²) in [6.45, 7) is 2.02. The number of hydrogen-bond donors (Lipinski definition) is 3. The largest absolute Gasteiger partial charge is 0.507 e. The minimum atomic E-state index is 0.178. The van der Waals surface area contributed by atoms with Crippen LogP contribution in [0.4, 0.5) is 5.69 Å². The van der Waals surface area contributed by atoms with Gasteiger partial charge in [0, 0.05) is 11.3 Å². The number of hydrazone groups is 1. The molecule has 4 nitrogen and oxygen atoms in total. The van der Waals surface area contributed by atoms with Gasteiger partial charge in [0.15, 0.2) is 5.11 Å². The zero-order chi connectivity index (χ0) is 16.9. The molecule has 0 bridgehead atoms. The van der Waals surface area contributed by atoms with Crippen molar-refractivity contribution in [3.63, 3.8) is 0 Å². The van der Waals surface area contributed by atoms with Crippen molar-refractivity contribution < 1.29 is 5.11 Å². The number of fused-ring (bicyclic) bond motifs is 1. The fourth-order valence-corrected chi connectivity index (χ4v) is 2.63. The van der Waals surface area contributed by atoms with E-state index in [1.54, 1.807) is 12.3 Å². The molecule has 0 aliphatic heterocycles. The highest BCUT2D eigenvalue weighted by Gasteiger charge is 2.04. The maximum atomic E-state index is 10.1. The Morgan fingerprint density at radius 1 is 1.08 bits per heavy atom. The number of rotatable bonds is 3. The first kappa shape index (κ1) is 16.0. The van der Waals surface area contributed by atoms with E-state index in [1.165, 1.54) is 0 Å². The van der Waals surface area contributed by atoms with Crippen LogP contribution in [0.5, 0.6) is 5.75 Å². The van der Waals surface area contributed by atoms with Crippen LogP contribution >= 0.6 is 12.2 Å². The smallest absolute Gasteiger partial charge is 0.191 e. The first-order valence-electron chi connectivity index (χ1n) is 7.51. The van der Waals surface area contributed by atoms with E-state index in [0.717, 1.165) is 22.0 Å². The quantitative estimate of drug-likeness (QED) is 0.382. The number of anilines is 1. The van der Waals surface area contributed by atoms with Gasteiger partial charge >= 0.3 is 0 Å². The number of aromatic hydroxyl groups is 1. The number of nitrogens with one attached hydrogen (secondary N) is 2. The second-order valence-electron chi connectivity index (χ2n) is 5.41. The summed E-state index contributed by atoms with van der Waals surface area (Å²) in [5.41, 5.74) is 5.47. The SMILES string of the molecule is Cc1cccc(NC(=S)NN=Cc2c(O)ccc3ccccc23)c1. The number of phenols is 1. The van der Waals surface area contributed by atoms with Gasteiger partial charge in [-0.3, -0.25) is 5.43 Å². The number of hydrogen-bond acceptors (Lipinski definition) is 3. The first-order valence-corrected chi connectivity index (χ1v) is 7.92. The maximum absolute atomic E-state index is 10.1. The molecule has 3 N–H and O–H groups in total. The van der Waals surface area contributed by atoms with Crippen molar-refractivity contribution in [3.05, 3.63) is 71.8 Å². The Labute approximate surface area is 145 Å². The average molecular weight is 335 g/mol. The molecule has 24 heavy (non-hydrogen) atoms. The van der Waals surface area contributed by atoms with Gasteiger partial charge in [-0.1, -0.05) is 42.5 Å². The van der Waals surface area contributed by atoms with Crippen molar-refractivity contribution in [1.82, 2.24) is 5.43 Å². The van der Waals surface area contributed by atoms with Crippen LogP contribution in [0.3, 0.4) is 0 Å². The van der Waals surface area contributed by atoms with Crippen molar-refractivity contribution in [1.29, 1.82) is 0 Å². The van der Waals surface area contributed by atoms with Gasteiger partial charge in [0.2, 0.25) is 0 Å². The monoisotopic (exact) mass is 335 g/mol. The lowest BCUT2D eigenvalue weighted by Gasteiger charge is -2.08. The van der Waals surface area contributed by atoms with Crippen molar-refractivity contribution in [2.75, 3.05) is 5.32 Å². The number of phenolic OH excluding ortho intramolecular Hbond substituents is 1. The summed E-state index contributed by atoms with van der Waals surface area (Å²) < 4.78 is 0. The van der Waals surface area contributed by atoms with Gasteiger partial charge in [-0.15, -0.1) is 0 Å². The standard InChI is InChI=1S/C19H17N3OS/c1-13-5-4-7-15(11-13)21-19(24)22-20-12-17-16-8-3-2-6-14(16)9-10-18(17)23/h2-12,23H,1H3,(H2,21,22,24). The summed E-state index contributed by atoms with van der Waals surface area (Å²) in [6.07, 6.45) is 1.57. The van der Waals surface area contributed by atoms with Crippen LogP contribution in [-0.2, 0) is 0 Å². The van der Waals surface area contributed by atoms with Crippen LogP contribution in [0, 0.1) is 6.92 Å². The fraction of sp³-hybridized carbons (Fsp3) is 0.0526. The van der Waals surface area contributed by atoms with Crippen LogP contribution in [0.2, 0.25) is 0 Å². The minimum Gasteiger partial charge on any atom is -0.507 e. The van der Waals surface area contributed by atoms with Gasteiger partial charge in [-0.25, -0.2) is 0 Å². The lowest BCUT2D eigenvalue weighted by Crippen LogP contribution is -2.23. The van der Waals surface area contributed by atoms with E-state index in [4.69, 9.17) is 12.2 Å². The molecule has 0 fully saturated rings. The maximum Gasteiger partial charge on any atom is 0.191 e. The van der Waals surface area contributed by atoms with Gasteiger partial charge in [-0.05, 0) is 53.7 Å². The highest BCUT2D eigenvalue weighted by atomic mass is 32.1. The van der Waals surface area contributed by atoms with Crippen LogP contribution in [0.1, 0.15) is 11.1 Å². The van der Waals surface area contributed by atoms with E-state index in [2.05, 4.69) is 15.8 Å². The van der Waals surface area contributed by atoms with Crippen molar-refractivity contribution in [2.45, 2.75) is 6.92 Å². The molecule has 0 heterocycles. The molecule has 0 saturated heterocycles. The molecule has 0 aliphatic rings. The highest BCUT2D eigenvalue weighted by Crippen LogP contribution is 2.25. The van der Waals surface area contributed by atoms with Crippen molar-refractivity contribution in [3.8, 4) is 5.75 Å². The summed E-state index contributed by atoms with van der Waals surface area (Å²) in [5.74, 6) is 0.178. The van der Waals surface area contributed by atoms with E-state index in [1.807, 2.05) is 61.5 Å². The second-order valence-corrected chi connectivity index (χ2v) is 5.82. The van der Waals surface area contributed by atoms with E-state index < -0.39 is 0 Å². The van der Waals surface area contributed by atoms with Crippen molar-refractivity contribution >= 4 is 40.0 Å². The van der Waals surface area contributed by atoms with E-state index in [0.29, 0.717) is 10.7 Å². The van der Waals surface area contributed by atoms with Crippen molar-refractivity contribution in [2.24, 2.45) is 5.10 Å². The lowest BCUT2D eigenvalue weighted by atomic mass is 10.0. The molecule has 0 saturated carbocycles. The van der Waals surface area contributed by atoms with E-state index in [-0.39, 0.29) is 5.75 Å². The predicted octanol–water partition coefficient (Wildman–Crippen LogP) is 4.17. The summed E-state index contributed by atoms with van der Waals surface area (Å²) in [5, 5.41) is 19.6. The molecule has 0 unspecified atom stereocenters. The second kappa shape index (κ2) is 7.10. The molecule has 3 aromatic rings. The third-order valence-electron chi connectivity index (χ3n) is 3.58. The molecule has 0 spiro atoms. The Balaban J connectivity index is 1.72. The predicted molar refractivity (Wildman–Crippen MR) is 104 cm³/mol. The summed E-state index contributed by atoms with van der Waals surface area (Å²) in [4.78, 5) is 0.